The molecule has 1 aromatic rings. The van der Waals surface area contributed by atoms with Gasteiger partial charge in [-0.3, -0.25) is 9.69 Å². The Kier molecular flexibility index (Phi) is 17.8. The molecule has 0 aliphatic heterocycles. The lowest BCUT2D eigenvalue weighted by Crippen LogP contribution is -1.98. The van der Waals surface area contributed by atoms with Crippen LogP contribution in [-0.4, -0.2) is 10.7 Å². The van der Waals surface area contributed by atoms with E-state index in [1.54, 1.807) is 12.1 Å². The minimum atomic E-state index is -4.15. The molecule has 0 bridgehead atoms. The fourth-order valence-corrected chi connectivity index (χ4v) is 4.50. The zero-order chi connectivity index (χ0) is 24.2. The van der Waals surface area contributed by atoms with Gasteiger partial charge in [-0.1, -0.05) is 96.1 Å². The Labute approximate surface area is 207 Å². The van der Waals surface area contributed by atoms with E-state index in [4.69, 9.17) is 4.52 Å². The molecule has 5 nitrogen and oxygen atoms in total. The highest BCUT2D eigenvalue weighted by molar-refractivity contribution is 7.80. The molecule has 0 aliphatic carbocycles. The zero-order valence-electron chi connectivity index (χ0n) is 20.5. The number of benzene rings is 1. The highest BCUT2D eigenvalue weighted by Crippen LogP contribution is 2.44. The van der Waals surface area contributed by atoms with Crippen LogP contribution in [0.3, 0.4) is 0 Å². The second-order valence-electron chi connectivity index (χ2n) is 9.02. The topological polar surface area (TPSA) is 72.8 Å². The lowest BCUT2D eigenvalue weighted by atomic mass is 10.0. The van der Waals surface area contributed by atoms with Crippen molar-refractivity contribution < 1.29 is 22.7 Å². The number of phosphoric acid groups is 1. The van der Waals surface area contributed by atoms with Gasteiger partial charge in [0, 0.05) is 12.8 Å². The monoisotopic (exact) mass is 500 g/mol. The second kappa shape index (κ2) is 19.5. The summed E-state index contributed by atoms with van der Waals surface area (Å²) >= 11 is 3.32. The van der Waals surface area contributed by atoms with Gasteiger partial charge in [0.25, 0.3) is 0 Å². The third-order valence-electron chi connectivity index (χ3n) is 5.98. The first-order valence-corrected chi connectivity index (χ1v) is 14.8. The van der Waals surface area contributed by atoms with E-state index in [2.05, 4.69) is 23.8 Å². The predicted molar refractivity (Wildman–Crippen MR) is 140 cm³/mol. The van der Waals surface area contributed by atoms with Crippen LogP contribution in [0.2, 0.25) is 0 Å². The number of carbonyl (C=O) groups excluding carboxylic acids is 1. The van der Waals surface area contributed by atoms with Crippen LogP contribution in [-0.2, 0) is 19.8 Å². The van der Waals surface area contributed by atoms with Gasteiger partial charge in [-0.25, -0.2) is 8.54 Å². The van der Waals surface area contributed by atoms with Gasteiger partial charge in [0.05, 0.1) is 0 Å². The molecule has 0 fully saturated rings. The smallest absolute Gasteiger partial charge is 0.404 e. The Balaban J connectivity index is 1.94. The van der Waals surface area contributed by atoms with Crippen molar-refractivity contribution in [3.63, 3.8) is 0 Å². The van der Waals surface area contributed by atoms with E-state index in [1.165, 1.54) is 77.0 Å². The number of Topliss-reactive ketones (excluding diaryl/α,β-unsaturated/α-hetero) is 1. The Bertz CT molecular complexity index is 665. The number of ketones is 1. The highest BCUT2D eigenvalue weighted by atomic mass is 32.1. The molecule has 190 valence electrons. The first kappa shape index (κ1) is 30.2. The molecule has 0 amide bonds. The molecule has 1 atom stereocenters. The van der Waals surface area contributed by atoms with Crippen molar-refractivity contribution in [2.24, 2.45) is 0 Å². The van der Waals surface area contributed by atoms with Crippen molar-refractivity contribution in [2.75, 3.05) is 0 Å². The minimum Gasteiger partial charge on any atom is -0.404 e. The van der Waals surface area contributed by atoms with Gasteiger partial charge in [-0.15, -0.1) is 0 Å². The number of hydrogen-bond donors (Lipinski definition) is 2. The average molecular weight is 501 g/mol. The molecule has 33 heavy (non-hydrogen) atoms. The molecule has 1 N–H and O–H groups in total. The SMILES string of the molecule is CCCCCCCCCCCCCCCC(=O)CCCCc1ccc(OP(=O)(O)OS)cc1. The summed E-state index contributed by atoms with van der Waals surface area (Å²) in [5.41, 5.74) is 1.10. The van der Waals surface area contributed by atoms with Crippen molar-refractivity contribution in [2.45, 2.75) is 122 Å². The van der Waals surface area contributed by atoms with Gasteiger partial charge in [-0.05, 0) is 56.3 Å². The fraction of sp³-hybridized carbons (Fsp3) is 0.731. The molecule has 0 aromatic heterocycles. The van der Waals surface area contributed by atoms with Crippen molar-refractivity contribution >= 4 is 26.5 Å². The second-order valence-corrected chi connectivity index (χ2v) is 10.8. The fourth-order valence-electron chi connectivity index (χ4n) is 3.98. The number of hydrogen-bond acceptors (Lipinski definition) is 5. The minimum absolute atomic E-state index is 0.256. The van der Waals surface area contributed by atoms with Gasteiger partial charge >= 0.3 is 7.82 Å². The van der Waals surface area contributed by atoms with E-state index in [1.807, 2.05) is 12.1 Å². The summed E-state index contributed by atoms with van der Waals surface area (Å²) in [4.78, 5) is 21.3. The third kappa shape index (κ3) is 17.3. The molecule has 0 saturated carbocycles. The number of thiol groups is 1. The van der Waals surface area contributed by atoms with Gasteiger partial charge < -0.3 is 4.52 Å². The molecule has 1 unspecified atom stereocenters. The maximum absolute atomic E-state index is 12.1. The van der Waals surface area contributed by atoms with Crippen LogP contribution in [0.4, 0.5) is 0 Å². The van der Waals surface area contributed by atoms with Crippen LogP contribution >= 0.6 is 20.7 Å². The van der Waals surface area contributed by atoms with Crippen LogP contribution in [0.5, 0.6) is 5.75 Å². The highest BCUT2D eigenvalue weighted by Gasteiger charge is 2.21. The Morgan fingerprint density at radius 3 is 1.73 bits per heavy atom. The quantitative estimate of drug-likeness (QED) is 0.0720. The van der Waals surface area contributed by atoms with Gasteiger partial charge in [0.15, 0.2) is 0 Å². The molecular weight excluding hydrogens is 455 g/mol. The summed E-state index contributed by atoms with van der Waals surface area (Å²) < 4.78 is 20.3. The summed E-state index contributed by atoms with van der Waals surface area (Å²) in [6, 6.07) is 6.96. The number of rotatable bonds is 22. The molecule has 0 aliphatic rings. The van der Waals surface area contributed by atoms with E-state index in [-0.39, 0.29) is 5.75 Å². The lowest BCUT2D eigenvalue weighted by Gasteiger charge is -2.09. The van der Waals surface area contributed by atoms with Crippen molar-refractivity contribution in [3.05, 3.63) is 29.8 Å². The van der Waals surface area contributed by atoms with Crippen LogP contribution < -0.4 is 4.52 Å². The average Bonchev–Trinajstić information content (AvgIpc) is 2.80. The molecule has 1 rings (SSSR count). The summed E-state index contributed by atoms with van der Waals surface area (Å²) in [5.74, 6) is 0.638. The first-order valence-electron chi connectivity index (χ1n) is 12.9. The first-order chi connectivity index (χ1) is 16.0. The predicted octanol–water partition coefficient (Wildman–Crippen LogP) is 8.79. The van der Waals surface area contributed by atoms with E-state index in [0.717, 1.165) is 37.7 Å². The third-order valence-corrected chi connectivity index (χ3v) is 7.24. The lowest BCUT2D eigenvalue weighted by molar-refractivity contribution is -0.119. The normalized spacial score (nSPS) is 13.1. The maximum atomic E-state index is 12.1. The number of unbranched alkanes of at least 4 members (excludes halogenated alkanes) is 13. The van der Waals surface area contributed by atoms with Gasteiger partial charge in [0.2, 0.25) is 0 Å². The van der Waals surface area contributed by atoms with E-state index in [9.17, 15) is 14.3 Å². The van der Waals surface area contributed by atoms with Gasteiger partial charge in [0.1, 0.15) is 11.5 Å². The molecule has 0 spiro atoms. The summed E-state index contributed by atoms with van der Waals surface area (Å²) in [7, 11) is -4.15. The van der Waals surface area contributed by atoms with E-state index < -0.39 is 7.82 Å². The van der Waals surface area contributed by atoms with E-state index in [0.29, 0.717) is 12.2 Å². The largest absolute Gasteiger partial charge is 0.538 e. The van der Waals surface area contributed by atoms with Crippen LogP contribution in [0.15, 0.2) is 24.3 Å². The maximum Gasteiger partial charge on any atom is 0.538 e. The number of carbonyl (C=O) groups is 1. The summed E-state index contributed by atoms with van der Waals surface area (Å²) in [6.45, 7) is 2.26. The van der Waals surface area contributed by atoms with Crippen LogP contribution in [0.25, 0.3) is 0 Å². The Hall–Kier alpha value is -0.810. The van der Waals surface area contributed by atoms with Gasteiger partial charge in [-0.2, -0.15) is 0 Å². The standard InChI is InChI=1S/C26H45O5PS/c1-2-3-4-5-6-7-8-9-10-11-12-13-14-18-25(27)19-16-15-17-24-20-22-26(23-21-24)30-32(28,29)31-33/h20-23,33H,2-19H2,1H3,(H,28,29). The molecule has 0 saturated heterocycles. The molecule has 0 radical (unpaired) electrons. The molecular formula is C26H45O5PS. The number of aryl methyl sites for hydroxylation is 1. The zero-order valence-corrected chi connectivity index (χ0v) is 22.3. The summed E-state index contributed by atoms with van der Waals surface area (Å²) in [5, 5.41) is 0. The van der Waals surface area contributed by atoms with Crippen LogP contribution in [0, 0.1) is 0 Å². The summed E-state index contributed by atoms with van der Waals surface area (Å²) in [6.07, 6.45) is 21.3. The van der Waals surface area contributed by atoms with Crippen LogP contribution in [0.1, 0.15) is 122 Å². The van der Waals surface area contributed by atoms with Crippen molar-refractivity contribution in [1.82, 2.24) is 0 Å². The Morgan fingerprint density at radius 1 is 0.788 bits per heavy atom. The Morgan fingerprint density at radius 2 is 1.24 bits per heavy atom. The van der Waals surface area contributed by atoms with Crippen molar-refractivity contribution in [3.8, 4) is 5.75 Å². The molecule has 1 aromatic carbocycles. The number of phosphoric ester groups is 1. The van der Waals surface area contributed by atoms with E-state index >= 15 is 0 Å². The molecule has 7 heteroatoms. The van der Waals surface area contributed by atoms with Crippen molar-refractivity contribution in [1.29, 1.82) is 0 Å². The molecule has 0 heterocycles.